The highest BCUT2D eigenvalue weighted by atomic mass is 15.1. The van der Waals surface area contributed by atoms with Crippen LogP contribution in [0.1, 0.15) is 0 Å². The van der Waals surface area contributed by atoms with Gasteiger partial charge in [-0.1, -0.05) is 188 Å². The van der Waals surface area contributed by atoms with Gasteiger partial charge in [0.05, 0.1) is 0 Å². The van der Waals surface area contributed by atoms with Crippen LogP contribution in [0.4, 0.5) is 28.4 Å². The first kappa shape index (κ1) is 36.8. The van der Waals surface area contributed by atoms with Crippen molar-refractivity contribution < 1.29 is 0 Å². The molecule has 0 heterocycles. The summed E-state index contributed by atoms with van der Waals surface area (Å²) in [6.07, 6.45) is 0. The second-order valence-electron chi connectivity index (χ2n) is 15.8. The zero-order chi connectivity index (χ0) is 41.2. The molecule has 0 atom stereocenters. The molecule has 2 heteroatoms. The maximum absolute atomic E-state index is 3.82. The molecule has 11 aromatic carbocycles. The molecule has 0 radical (unpaired) electrons. The first-order valence-corrected chi connectivity index (χ1v) is 21.2. The molecule has 0 amide bonds. The van der Waals surface area contributed by atoms with Crippen molar-refractivity contribution in [2.75, 3.05) is 10.2 Å². The standard InChI is InChI=1S/C60H42N2/c1-3-13-42(14-4-1)44-23-25-45(26-24-44)47-29-36-52(37-30-47)62(51-34-27-46(28-35-51)43-15-5-2-6-16-43)53-38-32-50(33-39-53)61-59-22-12-11-21-56(59)58-41-49-18-8-9-19-54(49)57-40-31-48-17-7-10-20-55(48)60(57)58/h1-41,61H. The Labute approximate surface area is 362 Å². The highest BCUT2D eigenvalue weighted by Gasteiger charge is 2.17. The van der Waals surface area contributed by atoms with E-state index in [4.69, 9.17) is 0 Å². The van der Waals surface area contributed by atoms with Gasteiger partial charge in [-0.15, -0.1) is 0 Å². The van der Waals surface area contributed by atoms with Crippen molar-refractivity contribution in [1.82, 2.24) is 0 Å². The summed E-state index contributed by atoms with van der Waals surface area (Å²) in [5, 5.41) is 11.4. The Morgan fingerprint density at radius 1 is 0.274 bits per heavy atom. The smallest absolute Gasteiger partial charge is 0.0464 e. The molecule has 62 heavy (non-hydrogen) atoms. The molecule has 11 aromatic rings. The minimum Gasteiger partial charge on any atom is -0.355 e. The predicted molar refractivity (Wildman–Crippen MR) is 265 cm³/mol. The van der Waals surface area contributed by atoms with Crippen molar-refractivity contribution in [3.05, 3.63) is 249 Å². The van der Waals surface area contributed by atoms with Crippen molar-refractivity contribution in [2.24, 2.45) is 0 Å². The van der Waals surface area contributed by atoms with Gasteiger partial charge in [0.1, 0.15) is 0 Å². The quantitative estimate of drug-likeness (QED) is 0.147. The molecular formula is C60H42N2. The molecule has 0 bridgehead atoms. The van der Waals surface area contributed by atoms with Crippen molar-refractivity contribution in [3.8, 4) is 44.5 Å². The maximum atomic E-state index is 3.82. The van der Waals surface area contributed by atoms with Crippen LogP contribution in [0.2, 0.25) is 0 Å². The normalized spacial score (nSPS) is 11.2. The number of nitrogens with one attached hydrogen (secondary N) is 1. The number of para-hydroxylation sites is 1. The largest absolute Gasteiger partial charge is 0.355 e. The molecular weight excluding hydrogens is 749 g/mol. The zero-order valence-electron chi connectivity index (χ0n) is 34.1. The Morgan fingerprint density at radius 2 is 0.710 bits per heavy atom. The highest BCUT2D eigenvalue weighted by molar-refractivity contribution is 6.23. The van der Waals surface area contributed by atoms with Crippen LogP contribution < -0.4 is 10.2 Å². The van der Waals surface area contributed by atoms with Crippen LogP contribution >= 0.6 is 0 Å². The average Bonchev–Trinajstić information content (AvgIpc) is 3.35. The third-order valence-electron chi connectivity index (χ3n) is 12.1. The lowest BCUT2D eigenvalue weighted by atomic mass is 9.89. The van der Waals surface area contributed by atoms with E-state index in [9.17, 15) is 0 Å². The van der Waals surface area contributed by atoms with Crippen LogP contribution in [0.5, 0.6) is 0 Å². The third-order valence-corrected chi connectivity index (χ3v) is 12.1. The van der Waals surface area contributed by atoms with E-state index in [2.05, 4.69) is 259 Å². The van der Waals surface area contributed by atoms with Crippen molar-refractivity contribution in [1.29, 1.82) is 0 Å². The molecule has 0 fully saturated rings. The Hall–Kier alpha value is -8.20. The van der Waals surface area contributed by atoms with Crippen LogP contribution in [-0.2, 0) is 0 Å². The van der Waals surface area contributed by atoms with E-state index in [1.807, 2.05) is 0 Å². The third kappa shape index (κ3) is 7.04. The maximum Gasteiger partial charge on any atom is 0.0464 e. The summed E-state index contributed by atoms with van der Waals surface area (Å²) in [7, 11) is 0. The van der Waals surface area contributed by atoms with E-state index in [0.717, 1.165) is 28.4 Å². The first-order chi connectivity index (χ1) is 30.7. The minimum absolute atomic E-state index is 1.02. The van der Waals surface area contributed by atoms with Crippen molar-refractivity contribution >= 4 is 60.8 Å². The van der Waals surface area contributed by atoms with Gasteiger partial charge < -0.3 is 10.2 Å². The molecule has 0 saturated heterocycles. The fourth-order valence-corrected chi connectivity index (χ4v) is 8.94. The Morgan fingerprint density at radius 3 is 1.29 bits per heavy atom. The predicted octanol–water partition coefficient (Wildman–Crippen LogP) is 17.0. The summed E-state index contributed by atoms with van der Waals surface area (Å²) in [4.78, 5) is 2.33. The van der Waals surface area contributed by atoms with Gasteiger partial charge in [-0.3, -0.25) is 0 Å². The van der Waals surface area contributed by atoms with Gasteiger partial charge in [-0.25, -0.2) is 0 Å². The molecule has 0 unspecified atom stereocenters. The second-order valence-corrected chi connectivity index (χ2v) is 15.8. The average molecular weight is 791 g/mol. The monoisotopic (exact) mass is 790 g/mol. The van der Waals surface area contributed by atoms with Gasteiger partial charge in [-0.05, 0) is 132 Å². The summed E-state index contributed by atoms with van der Waals surface area (Å²) in [5.74, 6) is 0. The zero-order valence-corrected chi connectivity index (χ0v) is 34.1. The summed E-state index contributed by atoms with van der Waals surface area (Å²) in [6, 6.07) is 89.6. The van der Waals surface area contributed by atoms with Crippen LogP contribution in [0, 0.1) is 0 Å². The number of hydrogen-bond acceptors (Lipinski definition) is 2. The molecule has 1 N–H and O–H groups in total. The molecule has 0 aliphatic heterocycles. The summed E-state index contributed by atoms with van der Waals surface area (Å²) < 4.78 is 0. The number of nitrogens with zero attached hydrogens (tertiary/aromatic N) is 1. The van der Waals surface area contributed by atoms with E-state index >= 15 is 0 Å². The topological polar surface area (TPSA) is 15.3 Å². The SMILES string of the molecule is c1ccc(-c2ccc(-c3ccc(N(c4ccc(Nc5ccccc5-c5cc6ccccc6c6ccc7ccccc7c56)cc4)c4ccc(-c5ccccc5)cc4)cc3)cc2)cc1. The Balaban J connectivity index is 0.942. The number of hydrogen-bond donors (Lipinski definition) is 1. The molecule has 0 aliphatic rings. The van der Waals surface area contributed by atoms with Crippen molar-refractivity contribution in [3.63, 3.8) is 0 Å². The number of benzene rings is 11. The molecule has 11 rings (SSSR count). The molecule has 2 nitrogen and oxygen atoms in total. The lowest BCUT2D eigenvalue weighted by molar-refractivity contribution is 1.28. The summed E-state index contributed by atoms with van der Waals surface area (Å²) in [6.45, 7) is 0. The minimum atomic E-state index is 1.02. The summed E-state index contributed by atoms with van der Waals surface area (Å²) >= 11 is 0. The van der Waals surface area contributed by atoms with E-state index in [1.54, 1.807) is 0 Å². The number of fused-ring (bicyclic) bond motifs is 5. The van der Waals surface area contributed by atoms with Gasteiger partial charge in [0.15, 0.2) is 0 Å². The van der Waals surface area contributed by atoms with Gasteiger partial charge in [0.25, 0.3) is 0 Å². The Bertz CT molecular complexity index is 3320. The summed E-state index contributed by atoms with van der Waals surface area (Å²) in [5.41, 5.74) is 14.9. The van der Waals surface area contributed by atoms with E-state index < -0.39 is 0 Å². The van der Waals surface area contributed by atoms with Gasteiger partial charge in [0, 0.05) is 34.0 Å². The first-order valence-electron chi connectivity index (χ1n) is 21.2. The van der Waals surface area contributed by atoms with Crippen LogP contribution in [0.25, 0.3) is 76.8 Å². The van der Waals surface area contributed by atoms with Crippen LogP contribution in [0.3, 0.4) is 0 Å². The second kappa shape index (κ2) is 16.1. The fraction of sp³-hybridized carbons (Fsp3) is 0. The fourth-order valence-electron chi connectivity index (χ4n) is 8.94. The van der Waals surface area contributed by atoms with Gasteiger partial charge in [0.2, 0.25) is 0 Å². The highest BCUT2D eigenvalue weighted by Crippen LogP contribution is 2.43. The van der Waals surface area contributed by atoms with E-state index in [1.165, 1.54) is 76.8 Å². The molecule has 0 aromatic heterocycles. The van der Waals surface area contributed by atoms with E-state index in [-0.39, 0.29) is 0 Å². The molecule has 0 spiro atoms. The molecule has 292 valence electrons. The lowest BCUT2D eigenvalue weighted by Crippen LogP contribution is -2.10. The lowest BCUT2D eigenvalue weighted by Gasteiger charge is -2.26. The van der Waals surface area contributed by atoms with Crippen LogP contribution in [0.15, 0.2) is 249 Å². The van der Waals surface area contributed by atoms with Gasteiger partial charge in [-0.2, -0.15) is 0 Å². The van der Waals surface area contributed by atoms with E-state index in [0.29, 0.717) is 0 Å². The number of anilines is 5. The molecule has 0 saturated carbocycles. The van der Waals surface area contributed by atoms with Crippen molar-refractivity contribution in [2.45, 2.75) is 0 Å². The van der Waals surface area contributed by atoms with Crippen LogP contribution in [-0.4, -0.2) is 0 Å². The number of rotatable bonds is 9. The Kier molecular flexibility index (Phi) is 9.57. The van der Waals surface area contributed by atoms with Gasteiger partial charge >= 0.3 is 0 Å². The molecule has 0 aliphatic carbocycles.